The van der Waals surface area contributed by atoms with Crippen molar-refractivity contribution >= 4 is 70.8 Å². The molecule has 0 atom stereocenters. The van der Waals surface area contributed by atoms with Crippen molar-refractivity contribution in [3.63, 3.8) is 0 Å². The van der Waals surface area contributed by atoms with Crippen molar-refractivity contribution in [2.75, 3.05) is 0 Å². The van der Waals surface area contributed by atoms with Gasteiger partial charge in [0.15, 0.2) is 5.58 Å². The van der Waals surface area contributed by atoms with Crippen molar-refractivity contribution in [3.05, 3.63) is 136 Å². The zero-order valence-corrected chi connectivity index (χ0v) is 21.5. The van der Waals surface area contributed by atoms with Crippen molar-refractivity contribution in [1.82, 2.24) is 14.0 Å². The number of benzene rings is 7. The Bertz CT molecular complexity index is 2660. The van der Waals surface area contributed by atoms with E-state index < -0.39 is 11.4 Å². The normalized spacial score (nSPS) is 12.1. The SMILES string of the molecule is O=c1nc2oc3c4ccccc4c4ccccc4c3n2c(=O)n1-c1ccc2c3ccccc3c3ccccc3c2c1. The van der Waals surface area contributed by atoms with Gasteiger partial charge >= 0.3 is 17.2 Å². The van der Waals surface area contributed by atoms with E-state index >= 15 is 0 Å². The third-order valence-corrected chi connectivity index (χ3v) is 8.22. The van der Waals surface area contributed by atoms with Gasteiger partial charge in [0.25, 0.3) is 0 Å². The van der Waals surface area contributed by atoms with E-state index in [1.165, 1.54) is 4.40 Å². The molecule has 0 aliphatic rings. The van der Waals surface area contributed by atoms with Gasteiger partial charge in [0.1, 0.15) is 5.52 Å². The minimum Gasteiger partial charge on any atom is -0.422 e. The number of rotatable bonds is 1. The standard InChI is InChI=1S/C35H19N3O3/c39-33-36-34-38(31-28-15-7-5-12-24(28)25-13-6-8-16-29(25)32(31)41-34)35(40)37(33)20-17-18-27-23-11-2-1-9-21(23)22-10-3-4-14-26(22)30(27)19-20/h1-19H. The van der Waals surface area contributed by atoms with Gasteiger partial charge in [-0.25, -0.2) is 18.6 Å². The second-order valence-electron chi connectivity index (χ2n) is 10.3. The molecular weight excluding hydrogens is 510 g/mol. The van der Waals surface area contributed by atoms with Crippen LogP contribution in [0.5, 0.6) is 0 Å². The van der Waals surface area contributed by atoms with Crippen LogP contribution in [0.25, 0.3) is 76.5 Å². The van der Waals surface area contributed by atoms with Crippen LogP contribution < -0.4 is 11.4 Å². The predicted molar refractivity (Wildman–Crippen MR) is 164 cm³/mol. The Balaban J connectivity index is 1.43. The summed E-state index contributed by atoms with van der Waals surface area (Å²) in [7, 11) is 0. The summed E-state index contributed by atoms with van der Waals surface area (Å²) in [6.07, 6.45) is 0. The highest BCUT2D eigenvalue weighted by atomic mass is 16.4. The number of aromatic nitrogens is 3. The largest absolute Gasteiger partial charge is 0.422 e. The summed E-state index contributed by atoms with van der Waals surface area (Å²) in [4.78, 5) is 32.0. The smallest absolute Gasteiger partial charge is 0.360 e. The van der Waals surface area contributed by atoms with E-state index in [2.05, 4.69) is 29.2 Å². The molecule has 0 saturated carbocycles. The molecule has 0 bridgehead atoms. The van der Waals surface area contributed by atoms with Crippen molar-refractivity contribution < 1.29 is 4.42 Å². The van der Waals surface area contributed by atoms with Crippen LogP contribution in [0.15, 0.2) is 129 Å². The van der Waals surface area contributed by atoms with E-state index in [1.54, 1.807) is 0 Å². The Morgan fingerprint density at radius 1 is 0.512 bits per heavy atom. The Hall–Kier alpha value is -5.75. The van der Waals surface area contributed by atoms with E-state index in [0.29, 0.717) is 16.8 Å². The van der Waals surface area contributed by atoms with Crippen LogP contribution in [0.3, 0.4) is 0 Å². The van der Waals surface area contributed by atoms with Crippen LogP contribution in [-0.2, 0) is 0 Å². The number of oxazole rings is 1. The van der Waals surface area contributed by atoms with Crippen LogP contribution in [-0.4, -0.2) is 14.0 Å². The average Bonchev–Trinajstić information content (AvgIpc) is 3.41. The van der Waals surface area contributed by atoms with Crippen molar-refractivity contribution in [1.29, 1.82) is 0 Å². The van der Waals surface area contributed by atoms with Crippen LogP contribution in [0.4, 0.5) is 0 Å². The monoisotopic (exact) mass is 529 g/mol. The van der Waals surface area contributed by atoms with Gasteiger partial charge in [0, 0.05) is 10.8 Å². The molecule has 0 N–H and O–H groups in total. The topological polar surface area (TPSA) is 69.5 Å². The lowest BCUT2D eigenvalue weighted by atomic mass is 9.94. The van der Waals surface area contributed by atoms with Crippen molar-refractivity contribution in [2.45, 2.75) is 0 Å². The Kier molecular flexibility index (Phi) is 4.26. The highest BCUT2D eigenvalue weighted by molar-refractivity contribution is 6.26. The van der Waals surface area contributed by atoms with Crippen molar-refractivity contribution in [2.24, 2.45) is 0 Å². The fraction of sp³-hybridized carbons (Fsp3) is 0. The molecule has 0 saturated heterocycles. The predicted octanol–water partition coefficient (Wildman–Crippen LogP) is 7.36. The van der Waals surface area contributed by atoms with E-state index in [9.17, 15) is 9.59 Å². The zero-order valence-electron chi connectivity index (χ0n) is 21.5. The maximum Gasteiger partial charge on any atom is 0.360 e. The minimum atomic E-state index is -0.688. The molecule has 0 aliphatic carbocycles. The number of nitrogens with zero attached hydrogens (tertiary/aromatic N) is 3. The maximum absolute atomic E-state index is 14.2. The van der Waals surface area contributed by atoms with Gasteiger partial charge in [-0.1, -0.05) is 103 Å². The summed E-state index contributed by atoms with van der Waals surface area (Å²) < 4.78 is 8.70. The summed E-state index contributed by atoms with van der Waals surface area (Å²) in [5, 5.41) is 10.2. The number of hydrogen-bond donors (Lipinski definition) is 0. The lowest BCUT2D eigenvalue weighted by Crippen LogP contribution is -2.37. The van der Waals surface area contributed by atoms with E-state index in [0.717, 1.165) is 58.4 Å². The number of fused-ring (bicyclic) bond motifs is 14. The lowest BCUT2D eigenvalue weighted by Gasteiger charge is -2.12. The molecule has 192 valence electrons. The highest BCUT2D eigenvalue weighted by Gasteiger charge is 2.21. The maximum atomic E-state index is 14.2. The molecule has 0 radical (unpaired) electrons. The first kappa shape index (κ1) is 22.1. The molecule has 6 nitrogen and oxygen atoms in total. The summed E-state index contributed by atoms with van der Waals surface area (Å²) in [6, 6.07) is 38.0. The van der Waals surface area contributed by atoms with Crippen LogP contribution in [0, 0.1) is 0 Å². The molecule has 0 aliphatic heterocycles. The molecule has 9 rings (SSSR count). The average molecular weight is 530 g/mol. The molecular formula is C35H19N3O3. The Labute approximate surface area is 230 Å². The van der Waals surface area contributed by atoms with Gasteiger partial charge in [-0.2, -0.15) is 0 Å². The van der Waals surface area contributed by atoms with Gasteiger partial charge in [0.2, 0.25) is 0 Å². The third-order valence-electron chi connectivity index (χ3n) is 8.22. The molecule has 0 spiro atoms. The molecule has 41 heavy (non-hydrogen) atoms. The molecule has 2 aromatic heterocycles. The fourth-order valence-corrected chi connectivity index (χ4v) is 6.47. The van der Waals surface area contributed by atoms with Crippen LogP contribution in [0.2, 0.25) is 0 Å². The van der Waals surface area contributed by atoms with Gasteiger partial charge in [-0.05, 0) is 55.2 Å². The third kappa shape index (κ3) is 2.88. The first-order valence-electron chi connectivity index (χ1n) is 13.4. The quantitative estimate of drug-likeness (QED) is 0.208. The van der Waals surface area contributed by atoms with E-state index in [4.69, 9.17) is 4.42 Å². The second kappa shape index (κ2) is 7.90. The first-order valence-corrected chi connectivity index (χ1v) is 13.4. The van der Waals surface area contributed by atoms with Crippen LogP contribution >= 0.6 is 0 Å². The summed E-state index contributed by atoms with van der Waals surface area (Å²) in [6.45, 7) is 0. The Morgan fingerprint density at radius 2 is 0.976 bits per heavy atom. The second-order valence-corrected chi connectivity index (χ2v) is 10.3. The minimum absolute atomic E-state index is 0.0232. The molecule has 6 heteroatoms. The summed E-state index contributed by atoms with van der Waals surface area (Å²) in [5.41, 5.74) is 0.361. The zero-order chi connectivity index (χ0) is 27.2. The van der Waals surface area contributed by atoms with Crippen molar-refractivity contribution in [3.8, 4) is 5.69 Å². The van der Waals surface area contributed by atoms with Gasteiger partial charge < -0.3 is 4.42 Å². The molecule has 9 aromatic rings. The molecule has 7 aromatic carbocycles. The first-order chi connectivity index (χ1) is 20.2. The molecule has 0 unspecified atom stereocenters. The highest BCUT2D eigenvalue weighted by Crippen LogP contribution is 2.37. The molecule has 2 heterocycles. The van der Waals surface area contributed by atoms with Crippen LogP contribution in [0.1, 0.15) is 0 Å². The van der Waals surface area contributed by atoms with Gasteiger partial charge in [0.05, 0.1) is 5.69 Å². The number of hydrogen-bond acceptors (Lipinski definition) is 4. The Morgan fingerprint density at radius 3 is 1.59 bits per heavy atom. The fourth-order valence-electron chi connectivity index (χ4n) is 6.47. The molecule has 0 fully saturated rings. The van der Waals surface area contributed by atoms with Gasteiger partial charge in [-0.3, -0.25) is 0 Å². The lowest BCUT2D eigenvalue weighted by molar-refractivity contribution is 0.619. The summed E-state index contributed by atoms with van der Waals surface area (Å²) >= 11 is 0. The molecule has 0 amide bonds. The van der Waals surface area contributed by atoms with E-state index in [-0.39, 0.29) is 5.84 Å². The van der Waals surface area contributed by atoms with Gasteiger partial charge in [-0.15, -0.1) is 4.98 Å². The van der Waals surface area contributed by atoms with E-state index in [1.807, 2.05) is 91.0 Å². The summed E-state index contributed by atoms with van der Waals surface area (Å²) in [5.74, 6) is -0.0232.